The molecule has 5 heteroatoms. The monoisotopic (exact) mass is 384 g/mol. The predicted octanol–water partition coefficient (Wildman–Crippen LogP) is 3.78. The molecule has 1 aromatic heterocycles. The van der Waals surface area contributed by atoms with Gasteiger partial charge in [0.2, 0.25) is 0 Å². The zero-order valence-electron chi connectivity index (χ0n) is 10.3. The Morgan fingerprint density at radius 3 is 2.84 bits per heavy atom. The SMILES string of the molecule is Brc1ccc(OCCNCc2cccnc2)c(Br)c1. The number of hydrogen-bond acceptors (Lipinski definition) is 3. The lowest BCUT2D eigenvalue weighted by Crippen LogP contribution is -2.20. The van der Waals surface area contributed by atoms with E-state index in [2.05, 4.69) is 42.2 Å². The summed E-state index contributed by atoms with van der Waals surface area (Å²) in [5.41, 5.74) is 1.17. The number of hydrogen-bond donors (Lipinski definition) is 1. The molecule has 1 aromatic carbocycles. The van der Waals surface area contributed by atoms with E-state index in [0.717, 1.165) is 27.8 Å². The van der Waals surface area contributed by atoms with E-state index >= 15 is 0 Å². The van der Waals surface area contributed by atoms with Crippen LogP contribution in [0.1, 0.15) is 5.56 Å². The molecule has 1 heterocycles. The van der Waals surface area contributed by atoms with Gasteiger partial charge in [0.1, 0.15) is 12.4 Å². The minimum absolute atomic E-state index is 0.625. The van der Waals surface area contributed by atoms with Crippen molar-refractivity contribution in [3.8, 4) is 5.75 Å². The van der Waals surface area contributed by atoms with Crippen LogP contribution in [0.4, 0.5) is 0 Å². The van der Waals surface area contributed by atoms with Crippen molar-refractivity contribution in [3.63, 3.8) is 0 Å². The Kier molecular flexibility index (Phi) is 5.82. The molecule has 19 heavy (non-hydrogen) atoms. The second kappa shape index (κ2) is 7.62. The molecule has 0 atom stereocenters. The molecule has 0 saturated carbocycles. The van der Waals surface area contributed by atoms with Gasteiger partial charge in [-0.3, -0.25) is 4.98 Å². The summed E-state index contributed by atoms with van der Waals surface area (Å²) < 4.78 is 7.67. The molecule has 0 saturated heterocycles. The van der Waals surface area contributed by atoms with E-state index in [9.17, 15) is 0 Å². The third-order valence-corrected chi connectivity index (χ3v) is 3.60. The topological polar surface area (TPSA) is 34.1 Å². The van der Waals surface area contributed by atoms with Crippen LogP contribution in [0.5, 0.6) is 5.75 Å². The Balaban J connectivity index is 1.69. The fourth-order valence-corrected chi connectivity index (χ4v) is 2.72. The van der Waals surface area contributed by atoms with Crippen LogP contribution in [-0.2, 0) is 6.54 Å². The molecular weight excluding hydrogens is 372 g/mol. The predicted molar refractivity (Wildman–Crippen MR) is 83.3 cm³/mol. The molecule has 0 amide bonds. The smallest absolute Gasteiger partial charge is 0.133 e. The summed E-state index contributed by atoms with van der Waals surface area (Å²) in [5, 5.41) is 3.31. The van der Waals surface area contributed by atoms with Crippen LogP contribution in [0.15, 0.2) is 51.7 Å². The zero-order chi connectivity index (χ0) is 13.5. The van der Waals surface area contributed by atoms with E-state index in [0.29, 0.717) is 6.61 Å². The zero-order valence-corrected chi connectivity index (χ0v) is 13.4. The summed E-state index contributed by atoms with van der Waals surface area (Å²) >= 11 is 6.88. The molecule has 100 valence electrons. The highest BCUT2D eigenvalue weighted by molar-refractivity contribution is 9.11. The van der Waals surface area contributed by atoms with E-state index in [-0.39, 0.29) is 0 Å². The summed E-state index contributed by atoms with van der Waals surface area (Å²) in [4.78, 5) is 4.07. The average molecular weight is 386 g/mol. The Morgan fingerprint density at radius 1 is 1.21 bits per heavy atom. The number of benzene rings is 1. The van der Waals surface area contributed by atoms with Gasteiger partial charge in [0.25, 0.3) is 0 Å². The second-order valence-corrected chi connectivity index (χ2v) is 5.73. The number of aromatic nitrogens is 1. The van der Waals surface area contributed by atoms with Gasteiger partial charge >= 0.3 is 0 Å². The maximum absolute atomic E-state index is 5.68. The van der Waals surface area contributed by atoms with Crippen LogP contribution >= 0.6 is 31.9 Å². The van der Waals surface area contributed by atoms with Crippen molar-refractivity contribution < 1.29 is 4.74 Å². The van der Waals surface area contributed by atoms with Gasteiger partial charge in [0.15, 0.2) is 0 Å². The highest BCUT2D eigenvalue weighted by Gasteiger charge is 2.01. The van der Waals surface area contributed by atoms with Gasteiger partial charge in [-0.2, -0.15) is 0 Å². The fourth-order valence-electron chi connectivity index (χ4n) is 1.56. The molecule has 1 N–H and O–H groups in total. The Morgan fingerprint density at radius 2 is 2.11 bits per heavy atom. The first-order valence-electron chi connectivity index (χ1n) is 5.93. The third-order valence-electron chi connectivity index (χ3n) is 2.48. The van der Waals surface area contributed by atoms with Crippen LogP contribution in [0.2, 0.25) is 0 Å². The van der Waals surface area contributed by atoms with Crippen LogP contribution in [0.25, 0.3) is 0 Å². The van der Waals surface area contributed by atoms with Crippen molar-refractivity contribution in [2.45, 2.75) is 6.54 Å². The van der Waals surface area contributed by atoms with Gasteiger partial charge in [-0.05, 0) is 45.8 Å². The Bertz CT molecular complexity index is 520. The summed E-state index contributed by atoms with van der Waals surface area (Å²) in [7, 11) is 0. The van der Waals surface area contributed by atoms with E-state index in [1.54, 1.807) is 6.20 Å². The van der Waals surface area contributed by atoms with Gasteiger partial charge in [-0.1, -0.05) is 22.0 Å². The normalized spacial score (nSPS) is 10.4. The number of rotatable bonds is 6. The van der Waals surface area contributed by atoms with Crippen LogP contribution < -0.4 is 10.1 Å². The van der Waals surface area contributed by atoms with E-state index in [1.165, 1.54) is 5.56 Å². The maximum atomic E-state index is 5.68. The molecule has 0 bridgehead atoms. The molecule has 0 radical (unpaired) electrons. The van der Waals surface area contributed by atoms with Crippen molar-refractivity contribution in [3.05, 3.63) is 57.2 Å². The lowest BCUT2D eigenvalue weighted by molar-refractivity contribution is 0.312. The van der Waals surface area contributed by atoms with Gasteiger partial charge in [0, 0.05) is 30.0 Å². The number of ether oxygens (including phenoxy) is 1. The van der Waals surface area contributed by atoms with Crippen molar-refractivity contribution in [1.82, 2.24) is 10.3 Å². The Hall–Kier alpha value is -0.910. The van der Waals surface area contributed by atoms with Crippen LogP contribution in [0.3, 0.4) is 0 Å². The van der Waals surface area contributed by atoms with Crippen molar-refractivity contribution >= 4 is 31.9 Å². The molecule has 2 rings (SSSR count). The maximum Gasteiger partial charge on any atom is 0.133 e. The molecule has 3 nitrogen and oxygen atoms in total. The minimum Gasteiger partial charge on any atom is -0.491 e. The van der Waals surface area contributed by atoms with Gasteiger partial charge < -0.3 is 10.1 Å². The molecule has 0 spiro atoms. The highest BCUT2D eigenvalue weighted by atomic mass is 79.9. The fraction of sp³-hybridized carbons (Fsp3) is 0.214. The molecule has 0 fully saturated rings. The lowest BCUT2D eigenvalue weighted by Gasteiger charge is -2.09. The molecule has 0 aliphatic carbocycles. The largest absolute Gasteiger partial charge is 0.491 e. The third kappa shape index (κ3) is 4.93. The first-order chi connectivity index (χ1) is 9.25. The lowest BCUT2D eigenvalue weighted by atomic mass is 10.3. The minimum atomic E-state index is 0.625. The summed E-state index contributed by atoms with van der Waals surface area (Å²) in [6, 6.07) is 9.86. The summed E-state index contributed by atoms with van der Waals surface area (Å²) in [6.45, 7) is 2.22. The number of nitrogens with one attached hydrogen (secondary N) is 1. The first-order valence-corrected chi connectivity index (χ1v) is 7.52. The van der Waals surface area contributed by atoms with Crippen LogP contribution in [-0.4, -0.2) is 18.1 Å². The molecule has 2 aromatic rings. The Labute approximate surface area is 129 Å². The quantitative estimate of drug-likeness (QED) is 0.768. The van der Waals surface area contributed by atoms with Gasteiger partial charge in [0.05, 0.1) is 4.47 Å². The van der Waals surface area contributed by atoms with E-state index < -0.39 is 0 Å². The van der Waals surface area contributed by atoms with E-state index in [4.69, 9.17) is 4.74 Å². The first kappa shape index (κ1) is 14.5. The van der Waals surface area contributed by atoms with Crippen molar-refractivity contribution in [2.75, 3.05) is 13.2 Å². The average Bonchev–Trinajstić information content (AvgIpc) is 2.42. The molecule has 0 aliphatic heterocycles. The van der Waals surface area contributed by atoms with Gasteiger partial charge in [-0.25, -0.2) is 0 Å². The molecule has 0 aliphatic rings. The number of halogens is 2. The highest BCUT2D eigenvalue weighted by Crippen LogP contribution is 2.27. The molecular formula is C14H14Br2N2O. The van der Waals surface area contributed by atoms with Crippen molar-refractivity contribution in [1.29, 1.82) is 0 Å². The van der Waals surface area contributed by atoms with Gasteiger partial charge in [-0.15, -0.1) is 0 Å². The summed E-state index contributed by atoms with van der Waals surface area (Å²) in [5.74, 6) is 0.853. The second-order valence-electron chi connectivity index (χ2n) is 3.96. The van der Waals surface area contributed by atoms with Crippen molar-refractivity contribution in [2.24, 2.45) is 0 Å². The van der Waals surface area contributed by atoms with E-state index in [1.807, 2.05) is 36.5 Å². The summed E-state index contributed by atoms with van der Waals surface area (Å²) in [6.07, 6.45) is 3.64. The van der Waals surface area contributed by atoms with Crippen LogP contribution in [0, 0.1) is 0 Å². The molecule has 0 unspecified atom stereocenters. The number of nitrogens with zero attached hydrogens (tertiary/aromatic N) is 1. The standard InChI is InChI=1S/C14H14Br2N2O/c15-12-3-4-14(13(16)8-12)19-7-6-18-10-11-2-1-5-17-9-11/h1-5,8-9,18H,6-7,10H2. The number of pyridine rings is 1.